The van der Waals surface area contributed by atoms with Gasteiger partial charge in [-0.1, -0.05) is 24.3 Å². The molecule has 0 spiro atoms. The van der Waals surface area contributed by atoms with E-state index in [2.05, 4.69) is 87.3 Å². The lowest BCUT2D eigenvalue weighted by Crippen LogP contribution is -2.44. The molecule has 1 aliphatic heterocycles. The molecule has 4 aromatic rings. The van der Waals surface area contributed by atoms with E-state index in [4.69, 9.17) is 4.98 Å². The molecule has 2 aromatic carbocycles. The van der Waals surface area contributed by atoms with Crippen LogP contribution in [0.4, 0.5) is 11.5 Å². The van der Waals surface area contributed by atoms with Gasteiger partial charge in [-0.15, -0.1) is 0 Å². The number of imidazole rings is 1. The minimum atomic E-state index is 0.884. The van der Waals surface area contributed by atoms with Gasteiger partial charge in [-0.3, -0.25) is 0 Å². The number of allylic oxidation sites excluding steroid dienone is 1. The number of anilines is 2. The highest BCUT2D eigenvalue weighted by molar-refractivity contribution is 5.90. The van der Waals surface area contributed by atoms with Crippen LogP contribution in [0.15, 0.2) is 66.5 Å². The number of fused-ring (bicyclic) bond motifs is 1. The Morgan fingerprint density at radius 2 is 1.69 bits per heavy atom. The first-order valence-corrected chi connectivity index (χ1v) is 12.5. The number of benzene rings is 2. The van der Waals surface area contributed by atoms with Crippen molar-refractivity contribution in [3.05, 3.63) is 77.9 Å². The molecule has 0 bridgehead atoms. The van der Waals surface area contributed by atoms with E-state index in [0.717, 1.165) is 61.7 Å². The average Bonchev–Trinajstić information content (AvgIpc) is 3.67. The molecular weight excluding hydrogens is 432 g/mol. The highest BCUT2D eigenvalue weighted by atomic mass is 15.2. The Morgan fingerprint density at radius 1 is 0.857 bits per heavy atom. The number of nitrogens with zero attached hydrogens (tertiary/aromatic N) is 5. The van der Waals surface area contributed by atoms with Crippen LogP contribution in [-0.2, 0) is 7.05 Å². The van der Waals surface area contributed by atoms with Crippen LogP contribution in [0.1, 0.15) is 24.2 Å². The molecule has 6 nitrogen and oxygen atoms in total. The van der Waals surface area contributed by atoms with Gasteiger partial charge in [-0.2, -0.15) is 0 Å². The smallest absolute Gasteiger partial charge is 0.130 e. The third kappa shape index (κ3) is 4.42. The standard InChI is InChI=1S/C29H32N6/c1-20-30-19-27(34(20)3)22-9-10-24-18-31-28(17-25(24)15-22)32-29(21-7-8-21)23-5-4-6-26(16-23)35-13-11-33(2)12-14-35/h4-6,9-10,15-19H,7-8,11-14H2,1-3H3,(H,31,32). The number of rotatable bonds is 5. The van der Waals surface area contributed by atoms with Gasteiger partial charge in [0.15, 0.2) is 0 Å². The van der Waals surface area contributed by atoms with Crippen molar-refractivity contribution in [3.63, 3.8) is 0 Å². The molecule has 6 heteroatoms. The van der Waals surface area contributed by atoms with Crippen molar-refractivity contribution in [3.8, 4) is 11.3 Å². The van der Waals surface area contributed by atoms with Crippen molar-refractivity contribution < 1.29 is 0 Å². The lowest BCUT2D eigenvalue weighted by Gasteiger charge is -2.34. The predicted molar refractivity (Wildman–Crippen MR) is 145 cm³/mol. The molecule has 1 saturated carbocycles. The molecule has 6 rings (SSSR count). The zero-order valence-electron chi connectivity index (χ0n) is 20.8. The summed E-state index contributed by atoms with van der Waals surface area (Å²) >= 11 is 0. The quantitative estimate of drug-likeness (QED) is 0.434. The van der Waals surface area contributed by atoms with Crippen molar-refractivity contribution in [1.29, 1.82) is 0 Å². The van der Waals surface area contributed by atoms with Gasteiger partial charge >= 0.3 is 0 Å². The number of nitrogens with one attached hydrogen (secondary N) is 1. The van der Waals surface area contributed by atoms with Crippen LogP contribution in [-0.4, -0.2) is 52.7 Å². The molecule has 1 N–H and O–H groups in total. The highest BCUT2D eigenvalue weighted by Gasteiger charge is 2.21. The molecule has 35 heavy (non-hydrogen) atoms. The Balaban J connectivity index is 1.30. The summed E-state index contributed by atoms with van der Waals surface area (Å²) < 4.78 is 2.13. The maximum atomic E-state index is 4.75. The third-order valence-corrected chi connectivity index (χ3v) is 7.35. The summed E-state index contributed by atoms with van der Waals surface area (Å²) in [6, 6.07) is 17.7. The molecule has 0 unspecified atom stereocenters. The van der Waals surface area contributed by atoms with Gasteiger partial charge in [-0.05, 0) is 67.6 Å². The summed E-state index contributed by atoms with van der Waals surface area (Å²) in [5.41, 5.74) is 7.53. The Kier molecular flexibility index (Phi) is 5.53. The summed E-state index contributed by atoms with van der Waals surface area (Å²) in [5, 5.41) is 5.99. The summed E-state index contributed by atoms with van der Waals surface area (Å²) in [6.45, 7) is 6.39. The van der Waals surface area contributed by atoms with Crippen molar-refractivity contribution >= 4 is 28.0 Å². The molecule has 1 saturated heterocycles. The average molecular weight is 465 g/mol. The number of piperazine rings is 1. The summed E-state index contributed by atoms with van der Waals surface area (Å²) in [5.74, 6) is 1.90. The number of hydrogen-bond donors (Lipinski definition) is 1. The second-order valence-corrected chi connectivity index (χ2v) is 9.83. The van der Waals surface area contributed by atoms with Crippen LogP contribution >= 0.6 is 0 Å². The van der Waals surface area contributed by atoms with Crippen molar-refractivity contribution in [1.82, 2.24) is 19.4 Å². The van der Waals surface area contributed by atoms with E-state index in [1.165, 1.54) is 33.5 Å². The molecule has 0 atom stereocenters. The van der Waals surface area contributed by atoms with Crippen LogP contribution < -0.4 is 10.2 Å². The Hall–Kier alpha value is -3.64. The molecule has 0 amide bonds. The van der Waals surface area contributed by atoms with Gasteiger partial charge in [0.25, 0.3) is 0 Å². The number of aryl methyl sites for hydroxylation is 1. The molecule has 0 radical (unpaired) electrons. The Morgan fingerprint density at radius 3 is 2.43 bits per heavy atom. The highest BCUT2D eigenvalue weighted by Crippen LogP contribution is 2.38. The van der Waals surface area contributed by atoms with Gasteiger partial charge in [0.05, 0.1) is 11.9 Å². The number of likely N-dealkylation sites (N-methyl/N-ethyl adjacent to an activating group) is 1. The fourth-order valence-corrected chi connectivity index (χ4v) is 4.87. The molecule has 1 aliphatic carbocycles. The van der Waals surface area contributed by atoms with Crippen LogP contribution in [0.25, 0.3) is 27.7 Å². The van der Waals surface area contributed by atoms with Crippen molar-refractivity contribution in [2.24, 2.45) is 7.05 Å². The first-order chi connectivity index (χ1) is 17.0. The summed E-state index contributed by atoms with van der Waals surface area (Å²) in [7, 11) is 4.26. The molecular formula is C29H32N6. The summed E-state index contributed by atoms with van der Waals surface area (Å²) in [4.78, 5) is 14.1. The molecule has 178 valence electrons. The van der Waals surface area contributed by atoms with Crippen molar-refractivity contribution in [2.75, 3.05) is 43.4 Å². The van der Waals surface area contributed by atoms with Crippen LogP contribution in [0.3, 0.4) is 0 Å². The zero-order valence-corrected chi connectivity index (χ0v) is 20.8. The van der Waals surface area contributed by atoms with E-state index >= 15 is 0 Å². The molecule has 2 aromatic heterocycles. The van der Waals surface area contributed by atoms with E-state index in [-0.39, 0.29) is 0 Å². The van der Waals surface area contributed by atoms with Gasteiger partial charge in [-0.25, -0.2) is 9.97 Å². The van der Waals surface area contributed by atoms with E-state index in [0.29, 0.717) is 0 Å². The number of aromatic nitrogens is 3. The maximum Gasteiger partial charge on any atom is 0.130 e. The first-order valence-electron chi connectivity index (χ1n) is 12.5. The number of pyridine rings is 1. The maximum absolute atomic E-state index is 4.75. The molecule has 2 aliphatic rings. The van der Waals surface area contributed by atoms with E-state index < -0.39 is 0 Å². The summed E-state index contributed by atoms with van der Waals surface area (Å²) in [6.07, 6.45) is 6.21. The van der Waals surface area contributed by atoms with Crippen LogP contribution in [0.5, 0.6) is 0 Å². The van der Waals surface area contributed by atoms with Gasteiger partial charge in [0.1, 0.15) is 11.6 Å². The first kappa shape index (κ1) is 21.9. The Labute approximate surface area is 206 Å². The second-order valence-electron chi connectivity index (χ2n) is 9.83. The lowest BCUT2D eigenvalue weighted by molar-refractivity contribution is 0.313. The monoisotopic (exact) mass is 464 g/mol. The van der Waals surface area contributed by atoms with E-state index in [1.807, 2.05) is 19.3 Å². The van der Waals surface area contributed by atoms with E-state index in [9.17, 15) is 0 Å². The minimum Gasteiger partial charge on any atom is -0.369 e. The van der Waals surface area contributed by atoms with Crippen LogP contribution in [0, 0.1) is 6.92 Å². The largest absolute Gasteiger partial charge is 0.369 e. The van der Waals surface area contributed by atoms with Gasteiger partial charge < -0.3 is 19.7 Å². The SMILES string of the molecule is Cc1ncc(-c2ccc3cnc(NC(=C4CC4)c4cccc(N5CCN(C)CC5)c4)cc3c2)n1C. The number of hydrogen-bond acceptors (Lipinski definition) is 5. The van der Waals surface area contributed by atoms with Gasteiger partial charge in [0, 0.05) is 61.8 Å². The van der Waals surface area contributed by atoms with Crippen LogP contribution in [0.2, 0.25) is 0 Å². The fourth-order valence-electron chi connectivity index (χ4n) is 4.87. The predicted octanol–water partition coefficient (Wildman–Crippen LogP) is 5.31. The third-order valence-electron chi connectivity index (χ3n) is 7.35. The molecule has 2 fully saturated rings. The molecule has 3 heterocycles. The lowest BCUT2D eigenvalue weighted by atomic mass is 10.1. The van der Waals surface area contributed by atoms with Crippen molar-refractivity contribution in [2.45, 2.75) is 19.8 Å². The fraction of sp³-hybridized carbons (Fsp3) is 0.310. The normalized spacial score (nSPS) is 16.1. The van der Waals surface area contributed by atoms with Gasteiger partial charge in [0.2, 0.25) is 0 Å². The Bertz CT molecular complexity index is 1420. The topological polar surface area (TPSA) is 49.2 Å². The zero-order chi connectivity index (χ0) is 23.9. The minimum absolute atomic E-state index is 0.884. The second kappa shape index (κ2) is 8.86. The van der Waals surface area contributed by atoms with E-state index in [1.54, 1.807) is 0 Å².